The predicted molar refractivity (Wildman–Crippen MR) is 38.3 cm³/mol. The number of carbonyl (C=O) groups is 1. The first kappa shape index (κ1) is 7.25. The summed E-state index contributed by atoms with van der Waals surface area (Å²) in [4.78, 5) is 11.0. The van der Waals surface area contributed by atoms with Crippen LogP contribution >= 0.6 is 0 Å². The van der Waals surface area contributed by atoms with Crippen molar-refractivity contribution in [3.8, 4) is 0 Å². The second-order valence-electron chi connectivity index (χ2n) is 3.10. The fourth-order valence-electron chi connectivity index (χ4n) is 1.70. The molecule has 2 fully saturated rings. The third kappa shape index (κ3) is 1.44. The van der Waals surface area contributed by atoms with E-state index in [9.17, 15) is 4.79 Å². The van der Waals surface area contributed by atoms with Crippen LogP contribution in [0.5, 0.6) is 0 Å². The molecule has 0 amide bonds. The Kier molecular flexibility index (Phi) is 1.92. The summed E-state index contributed by atoms with van der Waals surface area (Å²) in [7, 11) is 0. The first-order valence-corrected chi connectivity index (χ1v) is 4.11. The summed E-state index contributed by atoms with van der Waals surface area (Å²) in [5.41, 5.74) is 0. The van der Waals surface area contributed by atoms with Crippen LogP contribution in [0.15, 0.2) is 0 Å². The molecule has 3 heteroatoms. The van der Waals surface area contributed by atoms with Crippen molar-refractivity contribution in [2.45, 2.75) is 31.5 Å². The second kappa shape index (κ2) is 2.91. The van der Waals surface area contributed by atoms with Crippen LogP contribution in [-0.2, 0) is 14.3 Å². The van der Waals surface area contributed by atoms with Gasteiger partial charge in [-0.05, 0) is 6.42 Å². The normalized spacial score (nSPS) is 38.4. The van der Waals surface area contributed by atoms with E-state index in [-0.39, 0.29) is 12.2 Å². The average molecular weight is 156 g/mol. The first-order valence-electron chi connectivity index (χ1n) is 4.11. The molecule has 2 aliphatic rings. The van der Waals surface area contributed by atoms with E-state index in [0.29, 0.717) is 31.8 Å². The summed E-state index contributed by atoms with van der Waals surface area (Å²) in [6.07, 6.45) is 2.34. The maximum absolute atomic E-state index is 11.0. The van der Waals surface area contributed by atoms with Crippen molar-refractivity contribution in [1.82, 2.24) is 0 Å². The highest BCUT2D eigenvalue weighted by Crippen LogP contribution is 2.23. The zero-order valence-electron chi connectivity index (χ0n) is 6.41. The van der Waals surface area contributed by atoms with Crippen molar-refractivity contribution in [3.63, 3.8) is 0 Å². The van der Waals surface area contributed by atoms with E-state index in [2.05, 4.69) is 0 Å². The highest BCUT2D eigenvalue weighted by Gasteiger charge is 2.32. The summed E-state index contributed by atoms with van der Waals surface area (Å²) >= 11 is 0. The Balaban J connectivity index is 1.98. The number of fused-ring (bicyclic) bond motifs is 1. The van der Waals surface area contributed by atoms with E-state index in [0.717, 1.165) is 6.42 Å². The summed E-state index contributed by atoms with van der Waals surface area (Å²) < 4.78 is 10.9. The van der Waals surface area contributed by atoms with Gasteiger partial charge in [-0.3, -0.25) is 4.79 Å². The minimum atomic E-state index is 0.0602. The molecule has 0 radical (unpaired) electrons. The number of hydrogen-bond acceptors (Lipinski definition) is 3. The average Bonchev–Trinajstić information content (AvgIpc) is 2.04. The number of ether oxygens (including phenoxy) is 2. The number of carbonyl (C=O) groups excluding carboxylic acids is 1. The van der Waals surface area contributed by atoms with Crippen molar-refractivity contribution < 1.29 is 14.3 Å². The van der Waals surface area contributed by atoms with Gasteiger partial charge in [0.25, 0.3) is 0 Å². The zero-order valence-corrected chi connectivity index (χ0v) is 6.41. The van der Waals surface area contributed by atoms with Gasteiger partial charge in [0, 0.05) is 12.8 Å². The Morgan fingerprint density at radius 2 is 1.91 bits per heavy atom. The summed E-state index contributed by atoms with van der Waals surface area (Å²) in [6.45, 7) is 1.34. The summed E-state index contributed by atoms with van der Waals surface area (Å²) in [5, 5.41) is 0. The Labute approximate surface area is 65.7 Å². The molecule has 3 nitrogen and oxygen atoms in total. The lowest BCUT2D eigenvalue weighted by Crippen LogP contribution is -2.43. The lowest BCUT2D eigenvalue weighted by molar-refractivity contribution is -0.162. The molecule has 1 aliphatic heterocycles. The maximum atomic E-state index is 11.0. The van der Waals surface area contributed by atoms with E-state index in [1.54, 1.807) is 0 Å². The lowest BCUT2D eigenvalue weighted by Gasteiger charge is -2.34. The van der Waals surface area contributed by atoms with Gasteiger partial charge in [-0.15, -0.1) is 0 Å². The molecular formula is C8H12O3. The molecule has 1 heterocycles. The van der Waals surface area contributed by atoms with Gasteiger partial charge in [0.15, 0.2) is 0 Å². The molecule has 0 bridgehead atoms. The van der Waals surface area contributed by atoms with E-state index >= 15 is 0 Å². The molecule has 0 aromatic rings. The fourth-order valence-corrected chi connectivity index (χ4v) is 1.70. The van der Waals surface area contributed by atoms with Crippen LogP contribution in [0, 0.1) is 0 Å². The number of Topliss-reactive ketones (excluding diaryl/α,β-unsaturated/α-hetero) is 1. The highest BCUT2D eigenvalue weighted by atomic mass is 16.6. The summed E-state index contributed by atoms with van der Waals surface area (Å²) in [5.74, 6) is 0.316. The molecule has 1 saturated heterocycles. The monoisotopic (exact) mass is 156 g/mol. The van der Waals surface area contributed by atoms with Gasteiger partial charge in [0.1, 0.15) is 5.78 Å². The molecule has 2 atom stereocenters. The quantitative estimate of drug-likeness (QED) is 0.513. The van der Waals surface area contributed by atoms with Gasteiger partial charge in [0.05, 0.1) is 25.4 Å². The van der Waals surface area contributed by atoms with Gasteiger partial charge in [-0.2, -0.15) is 0 Å². The van der Waals surface area contributed by atoms with Gasteiger partial charge in [-0.25, -0.2) is 0 Å². The number of hydrogen-bond donors (Lipinski definition) is 0. The third-order valence-corrected chi connectivity index (χ3v) is 2.30. The number of ketones is 1. The van der Waals surface area contributed by atoms with E-state index < -0.39 is 0 Å². The van der Waals surface area contributed by atoms with Gasteiger partial charge >= 0.3 is 0 Å². The molecule has 2 rings (SSSR count). The van der Waals surface area contributed by atoms with Gasteiger partial charge in [-0.1, -0.05) is 0 Å². The van der Waals surface area contributed by atoms with Crippen molar-refractivity contribution >= 4 is 5.78 Å². The third-order valence-electron chi connectivity index (χ3n) is 2.30. The first-order chi connectivity index (χ1) is 5.36. The lowest BCUT2D eigenvalue weighted by atomic mass is 9.93. The van der Waals surface area contributed by atoms with Crippen LogP contribution in [-0.4, -0.2) is 31.2 Å². The van der Waals surface area contributed by atoms with Gasteiger partial charge < -0.3 is 9.47 Å². The van der Waals surface area contributed by atoms with Crippen LogP contribution in [0.4, 0.5) is 0 Å². The van der Waals surface area contributed by atoms with E-state index in [4.69, 9.17) is 9.47 Å². The van der Waals surface area contributed by atoms with Crippen LogP contribution in [0.25, 0.3) is 0 Å². The largest absolute Gasteiger partial charge is 0.373 e. The molecule has 2 unspecified atom stereocenters. The minimum absolute atomic E-state index is 0.0602. The van der Waals surface area contributed by atoms with Crippen LogP contribution in [0.1, 0.15) is 19.3 Å². The zero-order chi connectivity index (χ0) is 7.68. The molecule has 62 valence electrons. The SMILES string of the molecule is O=C1CCC2OCCOC2C1. The van der Waals surface area contributed by atoms with Crippen molar-refractivity contribution in [2.75, 3.05) is 13.2 Å². The molecule has 0 N–H and O–H groups in total. The minimum Gasteiger partial charge on any atom is -0.373 e. The Hall–Kier alpha value is -0.410. The number of rotatable bonds is 0. The molecule has 0 aromatic heterocycles. The molecule has 11 heavy (non-hydrogen) atoms. The highest BCUT2D eigenvalue weighted by molar-refractivity contribution is 5.79. The van der Waals surface area contributed by atoms with Crippen LogP contribution in [0.3, 0.4) is 0 Å². The fraction of sp³-hybridized carbons (Fsp3) is 0.875. The molecule has 0 aromatic carbocycles. The molecule has 1 aliphatic carbocycles. The smallest absolute Gasteiger partial charge is 0.135 e. The van der Waals surface area contributed by atoms with Crippen LogP contribution < -0.4 is 0 Å². The Morgan fingerprint density at radius 3 is 2.73 bits per heavy atom. The van der Waals surface area contributed by atoms with Crippen molar-refractivity contribution in [3.05, 3.63) is 0 Å². The van der Waals surface area contributed by atoms with Crippen LogP contribution in [0.2, 0.25) is 0 Å². The molecule has 1 saturated carbocycles. The molecule has 0 spiro atoms. The summed E-state index contributed by atoms with van der Waals surface area (Å²) in [6, 6.07) is 0. The van der Waals surface area contributed by atoms with Gasteiger partial charge in [0.2, 0.25) is 0 Å². The standard InChI is InChI=1S/C8H12O3/c9-6-1-2-7-8(5-6)11-4-3-10-7/h7-8H,1-5H2. The van der Waals surface area contributed by atoms with Crippen molar-refractivity contribution in [2.24, 2.45) is 0 Å². The molecular weight excluding hydrogens is 144 g/mol. The Morgan fingerprint density at radius 1 is 1.18 bits per heavy atom. The maximum Gasteiger partial charge on any atom is 0.135 e. The van der Waals surface area contributed by atoms with E-state index in [1.165, 1.54) is 0 Å². The Bertz CT molecular complexity index is 167. The second-order valence-corrected chi connectivity index (χ2v) is 3.10. The topological polar surface area (TPSA) is 35.5 Å². The van der Waals surface area contributed by atoms with E-state index in [1.807, 2.05) is 0 Å². The van der Waals surface area contributed by atoms with Crippen molar-refractivity contribution in [1.29, 1.82) is 0 Å². The predicted octanol–water partition coefficient (Wildman–Crippen LogP) is 0.523.